The predicted molar refractivity (Wildman–Crippen MR) is 107 cm³/mol. The summed E-state index contributed by atoms with van der Waals surface area (Å²) in [5.41, 5.74) is 6.19. The second kappa shape index (κ2) is 10.9. The molecule has 13 heteroatoms. The smallest absolute Gasteiger partial charge is 0.326 e. The first-order valence-electron chi connectivity index (χ1n) is 9.37. The van der Waals surface area contributed by atoms with Crippen LogP contribution in [0.2, 0.25) is 0 Å². The lowest BCUT2D eigenvalue weighted by Gasteiger charge is -2.28. The van der Waals surface area contributed by atoms with Gasteiger partial charge in [0.1, 0.15) is 18.1 Å². The monoisotopic (exact) mass is 442 g/mol. The Labute approximate surface area is 178 Å². The Bertz CT molecular complexity index is 760. The molecule has 3 amide bonds. The number of thiol groups is 1. The number of carbonyl (C=O) groups excluding carboxylic acids is 3. The summed E-state index contributed by atoms with van der Waals surface area (Å²) in [7, 11) is 0. The maximum Gasteiger partial charge on any atom is 0.326 e. The fraction of sp³-hybridized carbons (Fsp3) is 0.588. The Kier molecular flexibility index (Phi) is 8.62. The first-order chi connectivity index (χ1) is 14.3. The average Bonchev–Trinajstić information content (AvgIpc) is 3.41. The predicted octanol–water partition coefficient (Wildman–Crippen LogP) is -2.75. The van der Waals surface area contributed by atoms with Crippen LogP contribution in [0, 0.1) is 0 Å². The standard InChI is InChI=1S/C17H26N6O6S/c18-10(7-30)14(25)21-11(4-9-5-19-8-20-9)15(26)22-12(6-24)16(27)23-3-1-2-13(23)17(28)29/h5,8,10-13,24,30H,1-4,6-7,18H2,(H,19,20)(H,21,25)(H,22,26)(H,28,29). The molecular weight excluding hydrogens is 416 g/mol. The number of nitrogens with one attached hydrogen (secondary N) is 3. The fourth-order valence-electron chi connectivity index (χ4n) is 3.13. The summed E-state index contributed by atoms with van der Waals surface area (Å²) < 4.78 is 0. The minimum absolute atomic E-state index is 0.0324. The van der Waals surface area contributed by atoms with Gasteiger partial charge in [0.05, 0.1) is 19.0 Å². The SMILES string of the molecule is NC(CS)C(=O)NC(Cc1cnc[nH]1)C(=O)NC(CO)C(=O)N1CCCC1C(=O)O. The lowest BCUT2D eigenvalue weighted by molar-refractivity contribution is -0.150. The molecule has 166 valence electrons. The van der Waals surface area contributed by atoms with Gasteiger partial charge < -0.3 is 36.5 Å². The van der Waals surface area contributed by atoms with Gasteiger partial charge in [0, 0.05) is 30.6 Å². The van der Waals surface area contributed by atoms with Crippen molar-refractivity contribution in [3.8, 4) is 0 Å². The molecule has 2 heterocycles. The number of aromatic amines is 1. The van der Waals surface area contributed by atoms with Crippen molar-refractivity contribution in [1.82, 2.24) is 25.5 Å². The van der Waals surface area contributed by atoms with Crippen LogP contribution in [0.15, 0.2) is 12.5 Å². The molecule has 4 atom stereocenters. The highest BCUT2D eigenvalue weighted by molar-refractivity contribution is 7.80. The van der Waals surface area contributed by atoms with Gasteiger partial charge in [0.25, 0.3) is 0 Å². The van der Waals surface area contributed by atoms with Crippen LogP contribution in [0.3, 0.4) is 0 Å². The lowest BCUT2D eigenvalue weighted by atomic mass is 10.1. The van der Waals surface area contributed by atoms with Crippen molar-refractivity contribution < 1.29 is 29.4 Å². The molecular formula is C17H26N6O6S. The molecule has 1 saturated heterocycles. The molecule has 0 radical (unpaired) electrons. The number of aliphatic hydroxyl groups excluding tert-OH is 1. The number of amides is 3. The first kappa shape index (κ1) is 23.6. The van der Waals surface area contributed by atoms with Crippen LogP contribution >= 0.6 is 12.6 Å². The van der Waals surface area contributed by atoms with Gasteiger partial charge in [-0.15, -0.1) is 0 Å². The Morgan fingerprint density at radius 3 is 2.57 bits per heavy atom. The molecule has 1 aromatic rings. The van der Waals surface area contributed by atoms with Gasteiger partial charge in [0.15, 0.2) is 0 Å². The number of hydrogen-bond acceptors (Lipinski definition) is 8. The van der Waals surface area contributed by atoms with Crippen molar-refractivity contribution in [2.45, 2.75) is 43.4 Å². The van der Waals surface area contributed by atoms with Crippen LogP contribution in [0.1, 0.15) is 18.5 Å². The van der Waals surface area contributed by atoms with Crippen LogP contribution in [0.4, 0.5) is 0 Å². The maximum atomic E-state index is 12.8. The number of nitrogens with zero attached hydrogens (tertiary/aromatic N) is 2. The molecule has 0 aliphatic carbocycles. The molecule has 0 saturated carbocycles. The summed E-state index contributed by atoms with van der Waals surface area (Å²) in [5.74, 6) is -3.12. The number of aliphatic hydroxyl groups is 1. The largest absolute Gasteiger partial charge is 0.480 e. The van der Waals surface area contributed by atoms with Crippen molar-refractivity contribution >= 4 is 36.3 Å². The van der Waals surface area contributed by atoms with Crippen molar-refractivity contribution in [2.24, 2.45) is 5.73 Å². The highest BCUT2D eigenvalue weighted by Gasteiger charge is 2.38. The van der Waals surface area contributed by atoms with E-state index in [0.29, 0.717) is 18.5 Å². The number of imidazole rings is 1. The van der Waals surface area contributed by atoms with Gasteiger partial charge in [-0.25, -0.2) is 9.78 Å². The van der Waals surface area contributed by atoms with Gasteiger partial charge >= 0.3 is 5.97 Å². The van der Waals surface area contributed by atoms with E-state index < -0.39 is 54.5 Å². The third kappa shape index (κ3) is 5.93. The number of carbonyl (C=O) groups is 4. The maximum absolute atomic E-state index is 12.8. The highest BCUT2D eigenvalue weighted by atomic mass is 32.1. The minimum Gasteiger partial charge on any atom is -0.480 e. The van der Waals surface area contributed by atoms with E-state index in [1.54, 1.807) is 0 Å². The molecule has 1 aliphatic heterocycles. The van der Waals surface area contributed by atoms with Gasteiger partial charge in [-0.05, 0) is 12.8 Å². The van der Waals surface area contributed by atoms with E-state index in [-0.39, 0.29) is 18.7 Å². The number of H-pyrrole nitrogens is 1. The lowest BCUT2D eigenvalue weighted by Crippen LogP contribution is -2.58. The molecule has 1 fully saturated rings. The van der Waals surface area contributed by atoms with Crippen LogP contribution in [-0.2, 0) is 25.6 Å². The van der Waals surface area contributed by atoms with E-state index in [9.17, 15) is 29.4 Å². The number of likely N-dealkylation sites (tertiary alicyclic amines) is 1. The van der Waals surface area contributed by atoms with E-state index in [4.69, 9.17) is 5.73 Å². The fourth-order valence-corrected chi connectivity index (χ4v) is 3.30. The number of carboxylic acids is 1. The van der Waals surface area contributed by atoms with Crippen LogP contribution in [0.25, 0.3) is 0 Å². The molecule has 1 aliphatic rings. The van der Waals surface area contributed by atoms with Gasteiger partial charge in [0.2, 0.25) is 17.7 Å². The molecule has 2 rings (SSSR count). The molecule has 4 unspecified atom stereocenters. The third-order valence-electron chi connectivity index (χ3n) is 4.76. The van der Waals surface area contributed by atoms with Gasteiger partial charge in [-0.1, -0.05) is 0 Å². The van der Waals surface area contributed by atoms with Gasteiger partial charge in [-0.3, -0.25) is 14.4 Å². The Morgan fingerprint density at radius 1 is 1.30 bits per heavy atom. The Morgan fingerprint density at radius 2 is 2.00 bits per heavy atom. The topological polar surface area (TPSA) is 191 Å². The van der Waals surface area contributed by atoms with Crippen molar-refractivity contribution in [1.29, 1.82) is 0 Å². The summed E-state index contributed by atoms with van der Waals surface area (Å²) in [6.45, 7) is -0.512. The number of nitrogens with two attached hydrogens (primary N) is 1. The summed E-state index contributed by atoms with van der Waals surface area (Å²) in [6, 6.07) is -4.41. The zero-order valence-electron chi connectivity index (χ0n) is 16.2. The zero-order chi connectivity index (χ0) is 22.3. The van der Waals surface area contributed by atoms with E-state index in [2.05, 4.69) is 33.2 Å². The van der Waals surface area contributed by atoms with Gasteiger partial charge in [-0.2, -0.15) is 12.6 Å². The zero-order valence-corrected chi connectivity index (χ0v) is 17.0. The molecule has 1 aromatic heterocycles. The second-order valence-electron chi connectivity index (χ2n) is 6.90. The Balaban J connectivity index is 2.11. The molecule has 0 spiro atoms. The average molecular weight is 442 g/mol. The number of aromatic nitrogens is 2. The highest BCUT2D eigenvalue weighted by Crippen LogP contribution is 2.18. The van der Waals surface area contributed by atoms with Crippen molar-refractivity contribution in [3.63, 3.8) is 0 Å². The summed E-state index contributed by atoms with van der Waals surface area (Å²) >= 11 is 3.96. The number of carboxylic acid groups (broad SMARTS) is 1. The molecule has 0 aromatic carbocycles. The molecule has 30 heavy (non-hydrogen) atoms. The first-order valence-corrected chi connectivity index (χ1v) is 10.00. The normalized spacial score (nSPS) is 19.0. The molecule has 7 N–H and O–H groups in total. The Hall–Kier alpha value is -2.64. The summed E-state index contributed by atoms with van der Waals surface area (Å²) in [4.78, 5) is 56.8. The van der Waals surface area contributed by atoms with E-state index in [0.717, 1.165) is 4.90 Å². The second-order valence-corrected chi connectivity index (χ2v) is 7.27. The van der Waals surface area contributed by atoms with Crippen LogP contribution < -0.4 is 16.4 Å². The van der Waals surface area contributed by atoms with Crippen LogP contribution in [0.5, 0.6) is 0 Å². The van der Waals surface area contributed by atoms with E-state index in [1.807, 2.05) is 0 Å². The summed E-state index contributed by atoms with van der Waals surface area (Å²) in [6.07, 6.45) is 3.72. The quantitative estimate of drug-likeness (QED) is 0.190. The minimum atomic E-state index is -1.35. The van der Waals surface area contributed by atoms with Crippen molar-refractivity contribution in [2.75, 3.05) is 18.9 Å². The van der Waals surface area contributed by atoms with E-state index >= 15 is 0 Å². The molecule has 0 bridgehead atoms. The van der Waals surface area contributed by atoms with Crippen LogP contribution in [-0.4, -0.2) is 91.8 Å². The number of rotatable bonds is 10. The third-order valence-corrected chi connectivity index (χ3v) is 5.16. The van der Waals surface area contributed by atoms with Crippen molar-refractivity contribution in [3.05, 3.63) is 18.2 Å². The summed E-state index contributed by atoms with van der Waals surface area (Å²) in [5, 5.41) is 23.8. The van der Waals surface area contributed by atoms with E-state index in [1.165, 1.54) is 12.5 Å². The molecule has 12 nitrogen and oxygen atoms in total. The number of hydrogen-bond donors (Lipinski definition) is 7. The number of aliphatic carboxylic acids is 1.